The van der Waals surface area contributed by atoms with Gasteiger partial charge in [-0.05, 0) is 30.7 Å². The summed E-state index contributed by atoms with van der Waals surface area (Å²) in [5, 5.41) is 5.23. The molecule has 21 heavy (non-hydrogen) atoms. The molecular formula is C15H15N3O3. The molecule has 2 rings (SSSR count). The minimum absolute atomic E-state index is 0.159. The number of pyridine rings is 1. The number of hydrogen-bond acceptors (Lipinski definition) is 3. The first-order valence-corrected chi connectivity index (χ1v) is 6.35. The highest BCUT2D eigenvalue weighted by Crippen LogP contribution is 2.19. The topological polar surface area (TPSA) is 91.1 Å². The number of anilines is 1. The highest BCUT2D eigenvalue weighted by molar-refractivity contribution is 6.04. The van der Waals surface area contributed by atoms with Crippen molar-refractivity contribution >= 4 is 17.5 Å². The highest BCUT2D eigenvalue weighted by atomic mass is 16.2. The second-order valence-electron chi connectivity index (χ2n) is 4.44. The van der Waals surface area contributed by atoms with Crippen LogP contribution in [-0.4, -0.2) is 23.8 Å². The van der Waals surface area contributed by atoms with Crippen LogP contribution >= 0.6 is 0 Å². The van der Waals surface area contributed by atoms with Crippen molar-refractivity contribution < 1.29 is 9.59 Å². The Labute approximate surface area is 121 Å². The molecule has 0 saturated heterocycles. The van der Waals surface area contributed by atoms with Crippen molar-refractivity contribution in [1.82, 2.24) is 10.3 Å². The third-order valence-electron chi connectivity index (χ3n) is 3.07. The third-order valence-corrected chi connectivity index (χ3v) is 3.07. The molecule has 0 aliphatic heterocycles. The molecule has 0 aliphatic carbocycles. The Kier molecular flexibility index (Phi) is 4.18. The Hall–Kier alpha value is -2.89. The van der Waals surface area contributed by atoms with Gasteiger partial charge in [-0.3, -0.25) is 14.4 Å². The van der Waals surface area contributed by atoms with E-state index in [0.29, 0.717) is 16.8 Å². The van der Waals surface area contributed by atoms with Crippen LogP contribution in [0.4, 0.5) is 5.69 Å². The number of H-pyrrole nitrogens is 1. The van der Waals surface area contributed by atoms with Crippen LogP contribution in [0, 0.1) is 6.92 Å². The summed E-state index contributed by atoms with van der Waals surface area (Å²) in [4.78, 5) is 37.5. The molecule has 108 valence electrons. The number of nitrogens with one attached hydrogen (secondary N) is 3. The van der Waals surface area contributed by atoms with Crippen molar-refractivity contribution in [2.45, 2.75) is 6.92 Å². The number of rotatable bonds is 3. The van der Waals surface area contributed by atoms with Crippen LogP contribution in [-0.2, 0) is 0 Å². The lowest BCUT2D eigenvalue weighted by Crippen LogP contribution is -2.21. The molecule has 2 amide bonds. The van der Waals surface area contributed by atoms with Gasteiger partial charge in [-0.1, -0.05) is 12.1 Å². The number of aromatic nitrogens is 1. The van der Waals surface area contributed by atoms with Crippen LogP contribution < -0.4 is 16.2 Å². The first-order valence-electron chi connectivity index (χ1n) is 6.35. The predicted molar refractivity (Wildman–Crippen MR) is 79.6 cm³/mol. The molecule has 6 heteroatoms. The maximum atomic E-state index is 12.1. The van der Waals surface area contributed by atoms with Crippen molar-refractivity contribution in [2.24, 2.45) is 0 Å². The van der Waals surface area contributed by atoms with E-state index < -0.39 is 5.91 Å². The van der Waals surface area contributed by atoms with Gasteiger partial charge in [0.2, 0.25) is 5.56 Å². The Morgan fingerprint density at radius 2 is 1.76 bits per heavy atom. The van der Waals surface area contributed by atoms with E-state index in [4.69, 9.17) is 0 Å². The summed E-state index contributed by atoms with van der Waals surface area (Å²) in [5.74, 6) is -0.665. The second kappa shape index (κ2) is 6.04. The summed E-state index contributed by atoms with van der Waals surface area (Å²) in [6.07, 6.45) is 0. The zero-order chi connectivity index (χ0) is 15.4. The molecule has 3 N–H and O–H groups in total. The molecule has 0 atom stereocenters. The lowest BCUT2D eigenvalue weighted by atomic mass is 10.1. The fourth-order valence-electron chi connectivity index (χ4n) is 1.92. The van der Waals surface area contributed by atoms with Gasteiger partial charge in [-0.15, -0.1) is 0 Å². The van der Waals surface area contributed by atoms with E-state index in [0.717, 1.165) is 0 Å². The molecule has 0 unspecified atom stereocenters. The molecule has 0 fully saturated rings. The van der Waals surface area contributed by atoms with E-state index in [9.17, 15) is 14.4 Å². The SMILES string of the molecule is CNC(=O)c1cccc(NC(=O)c2cccc(=O)[nH]2)c1C. The van der Waals surface area contributed by atoms with Crippen molar-refractivity contribution in [3.63, 3.8) is 0 Å². The second-order valence-corrected chi connectivity index (χ2v) is 4.44. The van der Waals surface area contributed by atoms with Crippen LogP contribution in [0.1, 0.15) is 26.4 Å². The summed E-state index contributed by atoms with van der Waals surface area (Å²) in [5.41, 5.74) is 1.47. The van der Waals surface area contributed by atoms with E-state index in [-0.39, 0.29) is 17.2 Å². The largest absolute Gasteiger partial charge is 0.355 e. The number of carbonyl (C=O) groups excluding carboxylic acids is 2. The van der Waals surface area contributed by atoms with E-state index in [1.165, 1.54) is 18.2 Å². The van der Waals surface area contributed by atoms with E-state index in [2.05, 4.69) is 15.6 Å². The van der Waals surface area contributed by atoms with Crippen LogP contribution in [0.5, 0.6) is 0 Å². The normalized spacial score (nSPS) is 10.0. The zero-order valence-electron chi connectivity index (χ0n) is 11.7. The average molecular weight is 285 g/mol. The standard InChI is InChI=1S/C15H15N3O3/c1-9-10(14(20)16-2)5-3-6-11(9)18-15(21)12-7-4-8-13(19)17-12/h3-8H,1-2H3,(H,16,20)(H,17,19)(H,18,21). The number of carbonyl (C=O) groups is 2. The number of benzene rings is 1. The van der Waals surface area contributed by atoms with Gasteiger partial charge < -0.3 is 15.6 Å². The minimum Gasteiger partial charge on any atom is -0.355 e. The zero-order valence-corrected chi connectivity index (χ0v) is 11.7. The van der Waals surface area contributed by atoms with Crippen LogP contribution in [0.2, 0.25) is 0 Å². The lowest BCUT2D eigenvalue weighted by Gasteiger charge is -2.11. The van der Waals surface area contributed by atoms with Gasteiger partial charge in [0.1, 0.15) is 5.69 Å². The Morgan fingerprint density at radius 3 is 2.43 bits per heavy atom. The summed E-state index contributed by atoms with van der Waals surface area (Å²) in [7, 11) is 1.54. The van der Waals surface area contributed by atoms with Crippen molar-refractivity contribution in [1.29, 1.82) is 0 Å². The molecule has 1 aromatic carbocycles. The molecule has 0 aliphatic rings. The monoisotopic (exact) mass is 285 g/mol. The average Bonchev–Trinajstić information content (AvgIpc) is 2.48. The first-order chi connectivity index (χ1) is 10.0. The van der Waals surface area contributed by atoms with Gasteiger partial charge in [0.25, 0.3) is 11.8 Å². The summed E-state index contributed by atoms with van der Waals surface area (Å²) < 4.78 is 0. The smallest absolute Gasteiger partial charge is 0.272 e. The van der Waals surface area contributed by atoms with Crippen LogP contribution in [0.3, 0.4) is 0 Å². The van der Waals surface area contributed by atoms with Crippen LogP contribution in [0.25, 0.3) is 0 Å². The molecule has 0 saturated carbocycles. The molecule has 2 aromatic rings. The Balaban J connectivity index is 2.30. The molecule has 6 nitrogen and oxygen atoms in total. The Bertz CT molecular complexity index is 750. The third kappa shape index (κ3) is 3.17. The molecule has 1 heterocycles. The summed E-state index contributed by atoms with van der Waals surface area (Å²) in [6.45, 7) is 1.74. The number of aromatic amines is 1. The van der Waals surface area contributed by atoms with Gasteiger partial charge >= 0.3 is 0 Å². The van der Waals surface area contributed by atoms with Gasteiger partial charge in [0, 0.05) is 24.4 Å². The van der Waals surface area contributed by atoms with Gasteiger partial charge in [0.15, 0.2) is 0 Å². The number of hydrogen-bond donors (Lipinski definition) is 3. The van der Waals surface area contributed by atoms with Crippen LogP contribution in [0.15, 0.2) is 41.2 Å². The van der Waals surface area contributed by atoms with E-state index in [1.807, 2.05) is 0 Å². The van der Waals surface area contributed by atoms with Gasteiger partial charge in [-0.2, -0.15) is 0 Å². The number of amides is 2. The van der Waals surface area contributed by atoms with Crippen molar-refractivity contribution in [2.75, 3.05) is 12.4 Å². The lowest BCUT2D eigenvalue weighted by molar-refractivity contribution is 0.0960. The fourth-order valence-corrected chi connectivity index (χ4v) is 1.92. The van der Waals surface area contributed by atoms with E-state index >= 15 is 0 Å². The van der Waals surface area contributed by atoms with Gasteiger partial charge in [0.05, 0.1) is 0 Å². The first kappa shape index (κ1) is 14.5. The maximum Gasteiger partial charge on any atom is 0.272 e. The minimum atomic E-state index is -0.440. The summed E-state index contributed by atoms with van der Waals surface area (Å²) >= 11 is 0. The predicted octanol–water partition coefficient (Wildman–Crippen LogP) is 1.30. The Morgan fingerprint density at radius 1 is 1.05 bits per heavy atom. The molecule has 0 spiro atoms. The van der Waals surface area contributed by atoms with Crippen molar-refractivity contribution in [3.05, 3.63) is 63.6 Å². The highest BCUT2D eigenvalue weighted by Gasteiger charge is 2.13. The molecule has 0 radical (unpaired) electrons. The maximum absolute atomic E-state index is 12.1. The van der Waals surface area contributed by atoms with Gasteiger partial charge in [-0.25, -0.2) is 0 Å². The van der Waals surface area contributed by atoms with Crippen molar-refractivity contribution in [3.8, 4) is 0 Å². The molecular weight excluding hydrogens is 270 g/mol. The fraction of sp³-hybridized carbons (Fsp3) is 0.133. The molecule has 1 aromatic heterocycles. The summed E-state index contributed by atoms with van der Waals surface area (Å²) in [6, 6.07) is 9.39. The quantitative estimate of drug-likeness (QED) is 0.793. The molecule has 0 bridgehead atoms. The van der Waals surface area contributed by atoms with E-state index in [1.54, 1.807) is 32.2 Å².